The zero-order valence-corrected chi connectivity index (χ0v) is 17.0. The number of carbonyl (C=O) groups is 3. The van der Waals surface area contributed by atoms with Gasteiger partial charge < -0.3 is 29.4 Å². The van der Waals surface area contributed by atoms with E-state index in [0.29, 0.717) is 18.5 Å². The number of fused-ring (bicyclic) bond motifs is 3. The zero-order valence-electron chi connectivity index (χ0n) is 17.0. The number of nitrogens with zero attached hydrogens (tertiary/aromatic N) is 2. The Morgan fingerprint density at radius 1 is 1.19 bits per heavy atom. The highest BCUT2D eigenvalue weighted by Gasteiger charge is 2.39. The second kappa shape index (κ2) is 8.76. The van der Waals surface area contributed by atoms with Crippen LogP contribution in [0.4, 0.5) is 4.79 Å². The van der Waals surface area contributed by atoms with Gasteiger partial charge in [-0.15, -0.1) is 0 Å². The number of likely N-dealkylation sites (tertiary alicyclic amines) is 1. The van der Waals surface area contributed by atoms with Crippen LogP contribution in [0.15, 0.2) is 28.8 Å². The normalized spacial score (nSPS) is 18.1. The number of esters is 2. The van der Waals surface area contributed by atoms with Gasteiger partial charge in [-0.1, -0.05) is 24.2 Å². The van der Waals surface area contributed by atoms with Crippen molar-refractivity contribution in [1.82, 2.24) is 10.1 Å². The number of ether oxygens (including phenoxy) is 3. The van der Waals surface area contributed by atoms with Gasteiger partial charge in [0.1, 0.15) is 5.75 Å². The summed E-state index contributed by atoms with van der Waals surface area (Å²) in [4.78, 5) is 38.3. The zero-order chi connectivity index (χ0) is 22.0. The number of carbonyl (C=O) groups excluding carboxylic acids is 3. The molecule has 10 heteroatoms. The molecule has 2 aromatic rings. The lowest BCUT2D eigenvalue weighted by Crippen LogP contribution is -2.33. The van der Waals surface area contributed by atoms with Crippen molar-refractivity contribution < 1.29 is 33.1 Å². The lowest BCUT2D eigenvalue weighted by molar-refractivity contribution is -0.156. The van der Waals surface area contributed by atoms with Crippen LogP contribution < -0.4 is 15.2 Å². The number of hydrogen-bond acceptors (Lipinski definition) is 9. The van der Waals surface area contributed by atoms with Gasteiger partial charge in [-0.25, -0.2) is 14.4 Å². The van der Waals surface area contributed by atoms with E-state index >= 15 is 0 Å². The fourth-order valence-electron chi connectivity index (χ4n) is 4.00. The quantitative estimate of drug-likeness (QED) is 0.417. The third-order valence-corrected chi connectivity index (χ3v) is 5.53. The Kier molecular flexibility index (Phi) is 5.90. The van der Waals surface area contributed by atoms with Gasteiger partial charge in [0.05, 0.1) is 5.56 Å². The van der Waals surface area contributed by atoms with Crippen molar-refractivity contribution in [3.8, 4) is 22.8 Å². The van der Waals surface area contributed by atoms with Crippen LogP contribution in [0.3, 0.4) is 0 Å². The summed E-state index contributed by atoms with van der Waals surface area (Å²) in [5, 5.41) is 4.05. The van der Waals surface area contributed by atoms with Gasteiger partial charge in [0.25, 0.3) is 0 Å². The topological polar surface area (TPSA) is 134 Å². The highest BCUT2D eigenvalue weighted by Crippen LogP contribution is 2.44. The Morgan fingerprint density at radius 2 is 1.90 bits per heavy atom. The predicted molar refractivity (Wildman–Crippen MR) is 106 cm³/mol. The standard InChI is InChI=1S/C21H23N3O7/c1-2-12(11-24-9-5-6-10-24)16(30-21(22)27)18-17-15(23-31-18)13-7-3-4-8-14(13)28-19(25)20(26)29-17/h3-4,7-8,12,16H,2,5-6,9-11H2,1H3,(H2,22,27)/t12-,16-/m1/s1. The van der Waals surface area contributed by atoms with Crippen molar-refractivity contribution in [3.05, 3.63) is 30.0 Å². The number of aromatic nitrogens is 1. The first-order chi connectivity index (χ1) is 15.0. The number of hydrogen-bond donors (Lipinski definition) is 1. The van der Waals surface area contributed by atoms with Crippen LogP contribution in [0.1, 0.15) is 38.1 Å². The maximum atomic E-state index is 12.2. The number of nitrogens with two attached hydrogens (primary N) is 1. The smallest absolute Gasteiger partial charge is 0.423 e. The van der Waals surface area contributed by atoms with Crippen molar-refractivity contribution in [2.24, 2.45) is 11.7 Å². The minimum atomic E-state index is -1.23. The molecule has 10 nitrogen and oxygen atoms in total. The summed E-state index contributed by atoms with van der Waals surface area (Å²) in [7, 11) is 0. The van der Waals surface area contributed by atoms with E-state index in [4.69, 9.17) is 24.5 Å². The first-order valence-corrected chi connectivity index (χ1v) is 10.2. The lowest BCUT2D eigenvalue weighted by Gasteiger charge is -2.28. The highest BCUT2D eigenvalue weighted by atomic mass is 16.6. The lowest BCUT2D eigenvalue weighted by atomic mass is 9.95. The number of amides is 1. The van der Waals surface area contributed by atoms with Gasteiger partial charge in [0.2, 0.25) is 11.5 Å². The molecule has 1 aromatic heterocycles. The van der Waals surface area contributed by atoms with E-state index in [2.05, 4.69) is 10.1 Å². The van der Waals surface area contributed by atoms with Crippen LogP contribution in [0, 0.1) is 5.92 Å². The Morgan fingerprint density at radius 3 is 2.61 bits per heavy atom. The van der Waals surface area contributed by atoms with E-state index in [-0.39, 0.29) is 28.9 Å². The predicted octanol–water partition coefficient (Wildman–Crippen LogP) is 2.42. The van der Waals surface area contributed by atoms with Crippen LogP contribution >= 0.6 is 0 Å². The summed E-state index contributed by atoms with van der Waals surface area (Å²) in [6.07, 6.45) is 0.899. The van der Waals surface area contributed by atoms with Gasteiger partial charge in [-0.3, -0.25) is 0 Å². The SMILES string of the molecule is CC[C@H](CN1CCCC1)[C@@H](OC(N)=O)c1onc2c1OC(=O)C(=O)Oc1ccccc1-2. The van der Waals surface area contributed by atoms with E-state index < -0.39 is 24.1 Å². The van der Waals surface area contributed by atoms with Crippen molar-refractivity contribution in [1.29, 1.82) is 0 Å². The summed E-state index contributed by atoms with van der Waals surface area (Å²) >= 11 is 0. The van der Waals surface area contributed by atoms with E-state index in [0.717, 1.165) is 25.9 Å². The molecule has 1 aromatic carbocycles. The molecule has 1 fully saturated rings. The van der Waals surface area contributed by atoms with Gasteiger partial charge in [0, 0.05) is 12.5 Å². The molecule has 2 aliphatic heterocycles. The molecule has 31 heavy (non-hydrogen) atoms. The molecule has 1 amide bonds. The van der Waals surface area contributed by atoms with Gasteiger partial charge in [-0.2, -0.15) is 0 Å². The Bertz CT molecular complexity index is 997. The Hall–Kier alpha value is -3.40. The highest BCUT2D eigenvalue weighted by molar-refractivity contribution is 6.31. The second-order valence-electron chi connectivity index (χ2n) is 7.53. The van der Waals surface area contributed by atoms with Crippen LogP contribution in [-0.2, 0) is 14.3 Å². The maximum Gasteiger partial charge on any atom is 0.423 e. The average Bonchev–Trinajstić information content (AvgIpc) is 3.40. The average molecular weight is 429 g/mol. The van der Waals surface area contributed by atoms with Crippen LogP contribution in [-0.4, -0.2) is 47.7 Å². The summed E-state index contributed by atoms with van der Waals surface area (Å²) in [5.74, 6) is -2.53. The number of para-hydroxylation sites is 1. The van der Waals surface area contributed by atoms with Gasteiger partial charge in [-0.05, 0) is 44.5 Å². The molecule has 0 saturated carbocycles. The molecule has 2 N–H and O–H groups in total. The van der Waals surface area contributed by atoms with Gasteiger partial charge in [0.15, 0.2) is 11.8 Å². The fourth-order valence-corrected chi connectivity index (χ4v) is 4.00. The van der Waals surface area contributed by atoms with E-state index in [1.54, 1.807) is 18.2 Å². The molecular formula is C21H23N3O7. The molecular weight excluding hydrogens is 406 g/mol. The van der Waals surface area contributed by atoms with E-state index in [1.165, 1.54) is 6.07 Å². The largest absolute Gasteiger partial charge is 0.438 e. The molecule has 4 rings (SSSR count). The summed E-state index contributed by atoms with van der Waals surface area (Å²) in [6, 6.07) is 6.55. The van der Waals surface area contributed by atoms with E-state index in [9.17, 15) is 14.4 Å². The third kappa shape index (κ3) is 4.24. The Balaban J connectivity index is 1.78. The molecule has 164 valence electrons. The maximum absolute atomic E-state index is 12.2. The molecule has 2 atom stereocenters. The van der Waals surface area contributed by atoms with Crippen molar-refractivity contribution in [2.75, 3.05) is 19.6 Å². The van der Waals surface area contributed by atoms with Crippen LogP contribution in [0.25, 0.3) is 11.3 Å². The van der Waals surface area contributed by atoms with Crippen molar-refractivity contribution in [2.45, 2.75) is 32.3 Å². The molecule has 0 bridgehead atoms. The number of benzene rings is 1. The van der Waals surface area contributed by atoms with Crippen molar-refractivity contribution in [3.63, 3.8) is 0 Å². The second-order valence-corrected chi connectivity index (χ2v) is 7.53. The third-order valence-electron chi connectivity index (χ3n) is 5.53. The molecule has 0 radical (unpaired) electrons. The number of primary amides is 1. The first kappa shape index (κ1) is 20.9. The summed E-state index contributed by atoms with van der Waals surface area (Å²) in [6.45, 7) is 4.48. The van der Waals surface area contributed by atoms with E-state index in [1.807, 2.05) is 6.92 Å². The van der Waals surface area contributed by atoms with Crippen LogP contribution in [0.5, 0.6) is 11.5 Å². The molecule has 1 saturated heterocycles. The molecule has 0 spiro atoms. The molecule has 3 heterocycles. The minimum Gasteiger partial charge on any atom is -0.438 e. The monoisotopic (exact) mass is 429 g/mol. The Labute approximate surface area is 178 Å². The molecule has 0 aliphatic carbocycles. The summed E-state index contributed by atoms with van der Waals surface area (Å²) in [5.41, 5.74) is 5.91. The van der Waals surface area contributed by atoms with Crippen molar-refractivity contribution >= 4 is 18.0 Å². The minimum absolute atomic E-state index is 0.0256. The van der Waals surface area contributed by atoms with Crippen LogP contribution in [0.2, 0.25) is 0 Å². The van der Waals surface area contributed by atoms with Gasteiger partial charge >= 0.3 is 18.0 Å². The fraction of sp³-hybridized carbons (Fsp3) is 0.429. The summed E-state index contributed by atoms with van der Waals surface area (Å²) < 4.78 is 21.3. The molecule has 2 aliphatic rings. The number of rotatable bonds is 6. The first-order valence-electron chi connectivity index (χ1n) is 10.2. The molecule has 0 unspecified atom stereocenters.